The molecule has 21 heavy (non-hydrogen) atoms. The van der Waals surface area contributed by atoms with Crippen LogP contribution in [0.4, 0.5) is 14.5 Å². The molecule has 114 valence electrons. The normalized spacial score (nSPS) is 14.9. The van der Waals surface area contributed by atoms with E-state index in [1.54, 1.807) is 4.90 Å². The van der Waals surface area contributed by atoms with Gasteiger partial charge in [-0.15, -0.1) is 0 Å². The molecule has 0 spiro atoms. The van der Waals surface area contributed by atoms with E-state index in [4.69, 9.17) is 0 Å². The van der Waals surface area contributed by atoms with Crippen molar-refractivity contribution in [2.75, 3.05) is 24.5 Å². The summed E-state index contributed by atoms with van der Waals surface area (Å²) in [6.07, 6.45) is 2.90. The van der Waals surface area contributed by atoms with Crippen LogP contribution in [0.5, 0.6) is 0 Å². The molecule has 0 aromatic heterocycles. The van der Waals surface area contributed by atoms with Gasteiger partial charge < -0.3 is 4.90 Å². The number of likely N-dealkylation sites (tertiary alicyclic amines) is 1. The first kappa shape index (κ1) is 15.4. The van der Waals surface area contributed by atoms with Crippen molar-refractivity contribution in [1.82, 2.24) is 4.90 Å². The largest absolute Gasteiger partial charge is 0.341 e. The number of hydrogen-bond acceptors (Lipinski definition) is 2. The van der Waals surface area contributed by atoms with E-state index in [-0.39, 0.29) is 12.5 Å². The van der Waals surface area contributed by atoms with Gasteiger partial charge in [-0.1, -0.05) is 6.07 Å². The number of amides is 2. The Hall–Kier alpha value is -1.98. The van der Waals surface area contributed by atoms with Crippen LogP contribution in [0, 0.1) is 11.6 Å². The Labute approximate surface area is 122 Å². The number of benzene rings is 1. The second-order valence-electron chi connectivity index (χ2n) is 5.12. The molecule has 1 saturated heterocycles. The van der Waals surface area contributed by atoms with E-state index < -0.39 is 23.2 Å². The number of carbonyl (C=O) groups excluding carboxylic acids is 2. The number of para-hydroxylation sites is 1. The van der Waals surface area contributed by atoms with E-state index in [1.807, 2.05) is 0 Å². The molecule has 1 aromatic carbocycles. The SMILES string of the molecule is CC(=O)N(CC(=O)N1CCCCC1)c1c(F)cccc1F. The third-order valence-electron chi connectivity index (χ3n) is 3.59. The summed E-state index contributed by atoms with van der Waals surface area (Å²) in [4.78, 5) is 26.4. The van der Waals surface area contributed by atoms with Crippen LogP contribution < -0.4 is 4.90 Å². The van der Waals surface area contributed by atoms with E-state index in [0.717, 1.165) is 36.3 Å². The van der Waals surface area contributed by atoms with Crippen LogP contribution in [0.1, 0.15) is 26.2 Å². The van der Waals surface area contributed by atoms with Gasteiger partial charge in [-0.25, -0.2) is 8.78 Å². The molecule has 0 bridgehead atoms. The van der Waals surface area contributed by atoms with Gasteiger partial charge in [0.15, 0.2) is 0 Å². The van der Waals surface area contributed by atoms with Gasteiger partial charge in [-0.2, -0.15) is 0 Å². The van der Waals surface area contributed by atoms with Gasteiger partial charge in [-0.3, -0.25) is 14.5 Å². The number of hydrogen-bond donors (Lipinski definition) is 0. The smallest absolute Gasteiger partial charge is 0.242 e. The molecular formula is C15H18F2N2O2. The van der Waals surface area contributed by atoms with Gasteiger partial charge in [0.05, 0.1) is 0 Å². The minimum atomic E-state index is -0.850. The molecule has 0 N–H and O–H groups in total. The third kappa shape index (κ3) is 3.56. The summed E-state index contributed by atoms with van der Waals surface area (Å²) >= 11 is 0. The maximum atomic E-state index is 13.8. The third-order valence-corrected chi connectivity index (χ3v) is 3.59. The Balaban J connectivity index is 2.20. The zero-order chi connectivity index (χ0) is 15.4. The van der Waals surface area contributed by atoms with Crippen LogP contribution in [-0.4, -0.2) is 36.3 Å². The number of rotatable bonds is 3. The Kier molecular flexibility index (Phi) is 4.88. The lowest BCUT2D eigenvalue weighted by Crippen LogP contribution is -2.44. The van der Waals surface area contributed by atoms with Gasteiger partial charge in [0.25, 0.3) is 0 Å². The molecule has 0 atom stereocenters. The predicted molar refractivity (Wildman–Crippen MR) is 74.8 cm³/mol. The minimum Gasteiger partial charge on any atom is -0.341 e. The first-order chi connectivity index (χ1) is 10.0. The van der Waals surface area contributed by atoms with E-state index in [2.05, 4.69) is 0 Å². The first-order valence-electron chi connectivity index (χ1n) is 7.00. The fourth-order valence-electron chi connectivity index (χ4n) is 2.47. The summed E-state index contributed by atoms with van der Waals surface area (Å²) in [5.41, 5.74) is -0.463. The molecule has 0 saturated carbocycles. The van der Waals surface area contributed by atoms with Crippen molar-refractivity contribution in [1.29, 1.82) is 0 Å². The van der Waals surface area contributed by atoms with Gasteiger partial charge in [0.1, 0.15) is 23.9 Å². The molecule has 6 heteroatoms. The van der Waals surface area contributed by atoms with Crippen molar-refractivity contribution < 1.29 is 18.4 Å². The highest BCUT2D eigenvalue weighted by molar-refractivity contribution is 5.97. The molecule has 0 aliphatic carbocycles. The summed E-state index contributed by atoms with van der Waals surface area (Å²) in [7, 11) is 0. The average molecular weight is 296 g/mol. The molecule has 1 aliphatic rings. The Morgan fingerprint density at radius 3 is 2.24 bits per heavy atom. The Morgan fingerprint density at radius 2 is 1.71 bits per heavy atom. The highest BCUT2D eigenvalue weighted by Crippen LogP contribution is 2.23. The lowest BCUT2D eigenvalue weighted by Gasteiger charge is -2.29. The fourth-order valence-corrected chi connectivity index (χ4v) is 2.47. The van der Waals surface area contributed by atoms with Crippen LogP contribution in [-0.2, 0) is 9.59 Å². The molecule has 4 nitrogen and oxygen atoms in total. The van der Waals surface area contributed by atoms with Gasteiger partial charge in [0.2, 0.25) is 11.8 Å². The first-order valence-corrected chi connectivity index (χ1v) is 7.00. The maximum Gasteiger partial charge on any atom is 0.242 e. The predicted octanol–water partition coefficient (Wildman–Crippen LogP) is 2.33. The van der Waals surface area contributed by atoms with E-state index in [0.29, 0.717) is 13.1 Å². The summed E-state index contributed by atoms with van der Waals surface area (Å²) in [5, 5.41) is 0. The van der Waals surface area contributed by atoms with Gasteiger partial charge in [-0.05, 0) is 31.4 Å². The Morgan fingerprint density at radius 1 is 1.14 bits per heavy atom. The number of halogens is 2. The summed E-state index contributed by atoms with van der Waals surface area (Å²) < 4.78 is 27.6. The molecule has 2 amide bonds. The fraction of sp³-hybridized carbons (Fsp3) is 0.467. The molecule has 1 aliphatic heterocycles. The summed E-state index contributed by atoms with van der Waals surface area (Å²) in [6, 6.07) is 3.36. The maximum absolute atomic E-state index is 13.8. The van der Waals surface area contributed by atoms with Crippen molar-refractivity contribution >= 4 is 17.5 Å². The second kappa shape index (κ2) is 6.65. The molecule has 1 fully saturated rings. The van der Waals surface area contributed by atoms with Gasteiger partial charge in [0, 0.05) is 20.0 Å². The molecule has 0 radical (unpaired) electrons. The molecule has 0 unspecified atom stereocenters. The van der Waals surface area contributed by atoms with E-state index in [9.17, 15) is 18.4 Å². The number of piperidine rings is 1. The number of anilines is 1. The highest BCUT2D eigenvalue weighted by atomic mass is 19.1. The van der Waals surface area contributed by atoms with Crippen molar-refractivity contribution in [3.8, 4) is 0 Å². The second-order valence-corrected chi connectivity index (χ2v) is 5.12. The van der Waals surface area contributed by atoms with Crippen LogP contribution in [0.25, 0.3) is 0 Å². The van der Waals surface area contributed by atoms with Crippen molar-refractivity contribution in [2.45, 2.75) is 26.2 Å². The minimum absolute atomic E-state index is 0.285. The quantitative estimate of drug-likeness (QED) is 0.859. The lowest BCUT2D eigenvalue weighted by molar-refractivity contribution is -0.132. The molecule has 1 heterocycles. The standard InChI is InChI=1S/C15H18F2N2O2/c1-11(20)19(15-12(16)6-5-7-13(15)17)10-14(21)18-8-3-2-4-9-18/h5-7H,2-4,8-10H2,1H3. The Bertz CT molecular complexity index is 522. The van der Waals surface area contributed by atoms with Gasteiger partial charge >= 0.3 is 0 Å². The lowest BCUT2D eigenvalue weighted by atomic mass is 10.1. The number of carbonyl (C=O) groups is 2. The zero-order valence-electron chi connectivity index (χ0n) is 11.9. The van der Waals surface area contributed by atoms with E-state index in [1.165, 1.54) is 13.0 Å². The van der Waals surface area contributed by atoms with Crippen LogP contribution in [0.15, 0.2) is 18.2 Å². The van der Waals surface area contributed by atoms with E-state index >= 15 is 0 Å². The monoisotopic (exact) mass is 296 g/mol. The summed E-state index contributed by atoms with van der Waals surface area (Å²) in [5.74, 6) is -2.55. The van der Waals surface area contributed by atoms with Crippen LogP contribution >= 0.6 is 0 Å². The molecule has 2 rings (SSSR count). The van der Waals surface area contributed by atoms with Crippen molar-refractivity contribution in [2.24, 2.45) is 0 Å². The average Bonchev–Trinajstić information content (AvgIpc) is 2.46. The van der Waals surface area contributed by atoms with Crippen LogP contribution in [0.2, 0.25) is 0 Å². The van der Waals surface area contributed by atoms with Crippen molar-refractivity contribution in [3.63, 3.8) is 0 Å². The summed E-state index contributed by atoms with van der Waals surface area (Å²) in [6.45, 7) is 2.11. The topological polar surface area (TPSA) is 40.6 Å². The number of nitrogens with zero attached hydrogens (tertiary/aromatic N) is 2. The molecular weight excluding hydrogens is 278 g/mol. The highest BCUT2D eigenvalue weighted by Gasteiger charge is 2.25. The molecule has 1 aromatic rings. The zero-order valence-corrected chi connectivity index (χ0v) is 11.9. The van der Waals surface area contributed by atoms with Crippen molar-refractivity contribution in [3.05, 3.63) is 29.8 Å². The van der Waals surface area contributed by atoms with Crippen LogP contribution in [0.3, 0.4) is 0 Å².